The standard InChI is InChI=1S/C17H26N2O/c1-4-14-9-7-8-12-19(14)17(20)18-16-11-6-5-10-15(16)13(2)3/h5-6,10-11,13-14H,4,7-9,12H2,1-3H3,(H,18,20). The van der Waals surface area contributed by atoms with Crippen molar-refractivity contribution in [2.24, 2.45) is 0 Å². The third-order valence-electron chi connectivity index (χ3n) is 4.18. The molecule has 110 valence electrons. The maximum atomic E-state index is 12.5. The van der Waals surface area contributed by atoms with Crippen molar-refractivity contribution in [1.29, 1.82) is 0 Å². The van der Waals surface area contributed by atoms with E-state index in [1.807, 2.05) is 23.1 Å². The number of urea groups is 1. The SMILES string of the molecule is CCC1CCCCN1C(=O)Nc1ccccc1C(C)C. The molecule has 1 unspecified atom stereocenters. The summed E-state index contributed by atoms with van der Waals surface area (Å²) in [6.07, 6.45) is 4.54. The maximum absolute atomic E-state index is 12.5. The first kappa shape index (κ1) is 14.9. The van der Waals surface area contributed by atoms with Crippen LogP contribution in [0.2, 0.25) is 0 Å². The van der Waals surface area contributed by atoms with Gasteiger partial charge < -0.3 is 10.2 Å². The molecule has 1 fully saturated rings. The molecule has 0 saturated carbocycles. The summed E-state index contributed by atoms with van der Waals surface area (Å²) in [6.45, 7) is 7.36. The number of carbonyl (C=O) groups excluding carboxylic acids is 1. The van der Waals surface area contributed by atoms with Crippen molar-refractivity contribution < 1.29 is 4.79 Å². The molecule has 1 N–H and O–H groups in total. The average Bonchev–Trinajstić information content (AvgIpc) is 2.47. The quantitative estimate of drug-likeness (QED) is 0.858. The van der Waals surface area contributed by atoms with Gasteiger partial charge in [-0.05, 0) is 43.2 Å². The van der Waals surface area contributed by atoms with Crippen molar-refractivity contribution >= 4 is 11.7 Å². The highest BCUT2D eigenvalue weighted by molar-refractivity contribution is 5.90. The summed E-state index contributed by atoms with van der Waals surface area (Å²) in [5, 5.41) is 3.11. The van der Waals surface area contributed by atoms with Crippen LogP contribution in [0.15, 0.2) is 24.3 Å². The lowest BCUT2D eigenvalue weighted by atomic mass is 10.00. The molecule has 1 aromatic carbocycles. The third-order valence-corrected chi connectivity index (χ3v) is 4.18. The van der Waals surface area contributed by atoms with Crippen LogP contribution < -0.4 is 5.32 Å². The molecule has 0 aromatic heterocycles. The average molecular weight is 274 g/mol. The summed E-state index contributed by atoms with van der Waals surface area (Å²) in [6, 6.07) is 8.56. The van der Waals surface area contributed by atoms with Crippen molar-refractivity contribution in [3.8, 4) is 0 Å². The number of para-hydroxylation sites is 1. The van der Waals surface area contributed by atoms with Crippen molar-refractivity contribution in [3.63, 3.8) is 0 Å². The second-order valence-corrected chi connectivity index (χ2v) is 5.92. The van der Waals surface area contributed by atoms with Gasteiger partial charge in [0.05, 0.1) is 0 Å². The van der Waals surface area contributed by atoms with E-state index in [0.29, 0.717) is 12.0 Å². The van der Waals surface area contributed by atoms with E-state index in [1.54, 1.807) is 0 Å². The molecule has 0 aliphatic carbocycles. The van der Waals surface area contributed by atoms with Crippen LogP contribution in [0, 0.1) is 0 Å². The van der Waals surface area contributed by atoms with E-state index < -0.39 is 0 Å². The highest BCUT2D eigenvalue weighted by Gasteiger charge is 2.25. The number of rotatable bonds is 3. The van der Waals surface area contributed by atoms with Crippen LogP contribution in [0.25, 0.3) is 0 Å². The van der Waals surface area contributed by atoms with Gasteiger partial charge in [0.25, 0.3) is 0 Å². The molecule has 1 saturated heterocycles. The van der Waals surface area contributed by atoms with Crippen LogP contribution in [-0.4, -0.2) is 23.5 Å². The van der Waals surface area contributed by atoms with Gasteiger partial charge in [0.1, 0.15) is 0 Å². The predicted octanol–water partition coefficient (Wildman–Crippen LogP) is 4.61. The number of likely N-dealkylation sites (tertiary alicyclic amines) is 1. The van der Waals surface area contributed by atoms with E-state index in [-0.39, 0.29) is 6.03 Å². The third kappa shape index (κ3) is 3.33. The van der Waals surface area contributed by atoms with Crippen LogP contribution in [0.1, 0.15) is 57.9 Å². The van der Waals surface area contributed by atoms with E-state index in [0.717, 1.165) is 31.5 Å². The number of piperidine rings is 1. The normalized spacial score (nSPS) is 19.2. The topological polar surface area (TPSA) is 32.3 Å². The van der Waals surface area contributed by atoms with Crippen LogP contribution in [0.4, 0.5) is 10.5 Å². The summed E-state index contributed by atoms with van der Waals surface area (Å²) >= 11 is 0. The van der Waals surface area contributed by atoms with Gasteiger partial charge in [0.2, 0.25) is 0 Å². The lowest BCUT2D eigenvalue weighted by molar-refractivity contribution is 0.160. The Balaban J connectivity index is 2.11. The fraction of sp³-hybridized carbons (Fsp3) is 0.588. The number of hydrogen-bond acceptors (Lipinski definition) is 1. The summed E-state index contributed by atoms with van der Waals surface area (Å²) in [5.41, 5.74) is 2.15. The zero-order chi connectivity index (χ0) is 14.5. The summed E-state index contributed by atoms with van der Waals surface area (Å²) in [4.78, 5) is 14.5. The molecule has 20 heavy (non-hydrogen) atoms. The number of nitrogens with one attached hydrogen (secondary N) is 1. The first-order chi connectivity index (χ1) is 9.63. The van der Waals surface area contributed by atoms with E-state index in [4.69, 9.17) is 0 Å². The molecule has 1 aliphatic heterocycles. The van der Waals surface area contributed by atoms with E-state index in [1.165, 1.54) is 12.0 Å². The lowest BCUT2D eigenvalue weighted by Crippen LogP contribution is -2.45. The molecule has 3 nitrogen and oxygen atoms in total. The van der Waals surface area contributed by atoms with E-state index in [2.05, 4.69) is 32.2 Å². The van der Waals surface area contributed by atoms with Crippen molar-refractivity contribution in [3.05, 3.63) is 29.8 Å². The van der Waals surface area contributed by atoms with Crippen molar-refractivity contribution in [1.82, 2.24) is 4.90 Å². The largest absolute Gasteiger partial charge is 0.322 e. The molecular formula is C17H26N2O. The molecule has 0 radical (unpaired) electrons. The monoisotopic (exact) mass is 274 g/mol. The van der Waals surface area contributed by atoms with Gasteiger partial charge in [-0.1, -0.05) is 39.0 Å². The minimum absolute atomic E-state index is 0.0599. The van der Waals surface area contributed by atoms with Gasteiger partial charge in [0.15, 0.2) is 0 Å². The van der Waals surface area contributed by atoms with Crippen LogP contribution in [-0.2, 0) is 0 Å². The van der Waals surface area contributed by atoms with Gasteiger partial charge in [0, 0.05) is 18.3 Å². The van der Waals surface area contributed by atoms with E-state index in [9.17, 15) is 4.79 Å². The van der Waals surface area contributed by atoms with Gasteiger partial charge in [-0.25, -0.2) is 4.79 Å². The Morgan fingerprint density at radius 2 is 2.10 bits per heavy atom. The number of nitrogens with zero attached hydrogens (tertiary/aromatic N) is 1. The number of hydrogen-bond donors (Lipinski definition) is 1. The predicted molar refractivity (Wildman–Crippen MR) is 84.2 cm³/mol. The molecule has 1 heterocycles. The zero-order valence-corrected chi connectivity index (χ0v) is 12.9. The summed E-state index contributed by atoms with van der Waals surface area (Å²) in [7, 11) is 0. The molecule has 1 aliphatic rings. The number of carbonyl (C=O) groups is 1. The Labute approximate surface area is 122 Å². The van der Waals surface area contributed by atoms with Crippen LogP contribution in [0.3, 0.4) is 0 Å². The van der Waals surface area contributed by atoms with E-state index >= 15 is 0 Å². The highest BCUT2D eigenvalue weighted by Crippen LogP contribution is 2.25. The number of amides is 2. The van der Waals surface area contributed by atoms with Gasteiger partial charge in [-0.15, -0.1) is 0 Å². The Hall–Kier alpha value is -1.51. The summed E-state index contributed by atoms with van der Waals surface area (Å²) in [5.74, 6) is 0.412. The molecule has 0 spiro atoms. The second-order valence-electron chi connectivity index (χ2n) is 5.92. The molecule has 3 heteroatoms. The summed E-state index contributed by atoms with van der Waals surface area (Å²) < 4.78 is 0. The second kappa shape index (κ2) is 6.78. The first-order valence-electron chi connectivity index (χ1n) is 7.80. The Morgan fingerprint density at radius 3 is 2.80 bits per heavy atom. The van der Waals surface area contributed by atoms with Gasteiger partial charge in [-0.2, -0.15) is 0 Å². The Kier molecular flexibility index (Phi) is 5.05. The molecule has 1 aromatic rings. The fourth-order valence-electron chi connectivity index (χ4n) is 2.99. The van der Waals surface area contributed by atoms with Crippen LogP contribution in [0.5, 0.6) is 0 Å². The molecular weight excluding hydrogens is 248 g/mol. The highest BCUT2D eigenvalue weighted by atomic mass is 16.2. The lowest BCUT2D eigenvalue weighted by Gasteiger charge is -2.35. The smallest absolute Gasteiger partial charge is 0.322 e. The number of benzene rings is 1. The molecule has 1 atom stereocenters. The molecule has 0 bridgehead atoms. The maximum Gasteiger partial charge on any atom is 0.322 e. The Bertz CT molecular complexity index is 456. The van der Waals surface area contributed by atoms with Gasteiger partial charge in [-0.3, -0.25) is 0 Å². The number of anilines is 1. The fourth-order valence-corrected chi connectivity index (χ4v) is 2.99. The minimum Gasteiger partial charge on any atom is -0.322 e. The van der Waals surface area contributed by atoms with Crippen LogP contribution >= 0.6 is 0 Å². The first-order valence-corrected chi connectivity index (χ1v) is 7.80. The Morgan fingerprint density at radius 1 is 1.35 bits per heavy atom. The van der Waals surface area contributed by atoms with Crippen molar-refractivity contribution in [2.45, 2.75) is 58.4 Å². The minimum atomic E-state index is 0.0599. The van der Waals surface area contributed by atoms with Crippen molar-refractivity contribution in [2.75, 3.05) is 11.9 Å². The molecule has 2 amide bonds. The zero-order valence-electron chi connectivity index (χ0n) is 12.9. The molecule has 2 rings (SSSR count). The van der Waals surface area contributed by atoms with Gasteiger partial charge >= 0.3 is 6.03 Å².